The average Bonchev–Trinajstić information content (AvgIpc) is 2.70. The Morgan fingerprint density at radius 3 is 2.75 bits per heavy atom. The van der Waals surface area contributed by atoms with Crippen molar-refractivity contribution < 1.29 is 4.79 Å². The maximum Gasteiger partial charge on any atom is 0.250 e. The van der Waals surface area contributed by atoms with Crippen molar-refractivity contribution in [1.29, 1.82) is 0 Å². The van der Waals surface area contributed by atoms with E-state index in [9.17, 15) is 4.79 Å². The van der Waals surface area contributed by atoms with E-state index in [1.807, 2.05) is 0 Å². The fourth-order valence-electron chi connectivity index (χ4n) is 1.48. The van der Waals surface area contributed by atoms with Crippen molar-refractivity contribution >= 4 is 5.91 Å². The zero-order chi connectivity index (χ0) is 8.97. The Balaban J connectivity index is 2.02. The van der Waals surface area contributed by atoms with Gasteiger partial charge in [0.1, 0.15) is 6.04 Å². The highest BCUT2D eigenvalue weighted by Crippen LogP contribution is 2.25. The lowest BCUT2D eigenvalue weighted by molar-refractivity contribution is -0.113. The van der Waals surface area contributed by atoms with Crippen LogP contribution in [0.5, 0.6) is 0 Å². The Kier molecular flexibility index (Phi) is 3.32. The molecule has 2 nitrogen and oxygen atoms in total. The third kappa shape index (κ3) is 2.10. The van der Waals surface area contributed by atoms with Crippen molar-refractivity contribution in [1.82, 2.24) is 4.90 Å². The molecule has 1 heterocycles. The maximum atomic E-state index is 11.0. The van der Waals surface area contributed by atoms with Gasteiger partial charge in [-0.15, -0.1) is 0 Å². The van der Waals surface area contributed by atoms with Crippen LogP contribution in [-0.2, 0) is 4.79 Å². The van der Waals surface area contributed by atoms with E-state index in [0.717, 1.165) is 6.42 Å². The highest BCUT2D eigenvalue weighted by molar-refractivity contribution is 5.97. The van der Waals surface area contributed by atoms with Crippen LogP contribution in [0.15, 0.2) is 12.8 Å². The van der Waals surface area contributed by atoms with Crippen LogP contribution in [-0.4, -0.2) is 16.8 Å². The normalized spacial score (nSPS) is 21.2. The second kappa shape index (κ2) is 4.29. The molecule has 1 fully saturated rings. The average molecular weight is 167 g/mol. The number of carbonyl (C=O) groups excluding carboxylic acids is 1. The second-order valence-electron chi connectivity index (χ2n) is 3.29. The molecular weight excluding hydrogens is 150 g/mol. The molecule has 0 aromatic heterocycles. The van der Waals surface area contributed by atoms with Gasteiger partial charge in [0.25, 0.3) is 0 Å². The SMILES string of the molecule is C=CN1C(=O)C1CCCCCC. The summed E-state index contributed by atoms with van der Waals surface area (Å²) < 4.78 is 0. The smallest absolute Gasteiger partial charge is 0.250 e. The molecule has 0 spiro atoms. The van der Waals surface area contributed by atoms with Crippen LogP contribution < -0.4 is 0 Å². The second-order valence-corrected chi connectivity index (χ2v) is 3.29. The van der Waals surface area contributed by atoms with Gasteiger partial charge in [0.15, 0.2) is 0 Å². The predicted molar refractivity (Wildman–Crippen MR) is 49.6 cm³/mol. The molecule has 0 saturated carbocycles. The topological polar surface area (TPSA) is 20.1 Å². The van der Waals surface area contributed by atoms with Crippen LogP contribution >= 0.6 is 0 Å². The summed E-state index contributed by atoms with van der Waals surface area (Å²) in [7, 11) is 0. The molecule has 68 valence electrons. The number of hydrogen-bond acceptors (Lipinski definition) is 1. The first kappa shape index (κ1) is 9.30. The maximum absolute atomic E-state index is 11.0. The van der Waals surface area contributed by atoms with E-state index >= 15 is 0 Å². The van der Waals surface area contributed by atoms with Gasteiger partial charge in [-0.2, -0.15) is 0 Å². The molecule has 0 aromatic carbocycles. The monoisotopic (exact) mass is 167 g/mol. The standard InChI is InChI=1S/C10H17NO/c1-3-5-6-7-8-9-10(12)11(9)4-2/h4,9H,2-3,5-8H2,1H3. The van der Waals surface area contributed by atoms with E-state index in [1.54, 1.807) is 11.1 Å². The summed E-state index contributed by atoms with van der Waals surface area (Å²) in [5, 5.41) is 0. The van der Waals surface area contributed by atoms with Gasteiger partial charge in [0, 0.05) is 6.20 Å². The molecule has 1 aliphatic heterocycles. The molecule has 0 bridgehead atoms. The van der Waals surface area contributed by atoms with Gasteiger partial charge in [-0.05, 0) is 6.42 Å². The molecule has 1 saturated heterocycles. The third-order valence-corrected chi connectivity index (χ3v) is 2.34. The van der Waals surface area contributed by atoms with Crippen LogP contribution in [0.1, 0.15) is 39.0 Å². The molecule has 1 atom stereocenters. The Hall–Kier alpha value is -0.790. The number of rotatable bonds is 6. The summed E-state index contributed by atoms with van der Waals surface area (Å²) in [5.74, 6) is 0.251. The molecule has 0 N–H and O–H groups in total. The summed E-state index contributed by atoms with van der Waals surface area (Å²) in [6, 6.07) is 0.180. The summed E-state index contributed by atoms with van der Waals surface area (Å²) in [4.78, 5) is 12.7. The van der Waals surface area contributed by atoms with Gasteiger partial charge < -0.3 is 4.90 Å². The molecule has 12 heavy (non-hydrogen) atoms. The Morgan fingerprint density at radius 1 is 1.50 bits per heavy atom. The van der Waals surface area contributed by atoms with Gasteiger partial charge in [0.05, 0.1) is 0 Å². The van der Waals surface area contributed by atoms with Gasteiger partial charge in [-0.1, -0.05) is 39.2 Å². The molecule has 2 heteroatoms. The number of nitrogens with zero attached hydrogens (tertiary/aromatic N) is 1. The molecule has 1 unspecified atom stereocenters. The lowest BCUT2D eigenvalue weighted by atomic mass is 10.1. The Morgan fingerprint density at radius 2 is 2.25 bits per heavy atom. The molecule has 1 amide bonds. The van der Waals surface area contributed by atoms with E-state index in [0.29, 0.717) is 0 Å². The van der Waals surface area contributed by atoms with Crippen molar-refractivity contribution in [2.45, 2.75) is 45.1 Å². The predicted octanol–water partition coefficient (Wildman–Crippen LogP) is 2.31. The minimum absolute atomic E-state index is 0.180. The minimum atomic E-state index is 0.180. The first-order valence-electron chi connectivity index (χ1n) is 4.76. The lowest BCUT2D eigenvalue weighted by Crippen LogP contribution is -1.92. The zero-order valence-electron chi connectivity index (χ0n) is 7.75. The zero-order valence-corrected chi connectivity index (χ0v) is 7.75. The highest BCUT2D eigenvalue weighted by atomic mass is 16.2. The van der Waals surface area contributed by atoms with E-state index in [-0.39, 0.29) is 11.9 Å². The molecule has 0 radical (unpaired) electrons. The third-order valence-electron chi connectivity index (χ3n) is 2.34. The van der Waals surface area contributed by atoms with E-state index in [4.69, 9.17) is 0 Å². The first-order chi connectivity index (χ1) is 5.81. The van der Waals surface area contributed by atoms with Crippen molar-refractivity contribution in [2.24, 2.45) is 0 Å². The van der Waals surface area contributed by atoms with Crippen LogP contribution in [0.25, 0.3) is 0 Å². The van der Waals surface area contributed by atoms with Crippen LogP contribution in [0, 0.1) is 0 Å². The summed E-state index contributed by atoms with van der Waals surface area (Å²) in [6.07, 6.45) is 7.62. The Bertz CT molecular complexity index is 177. The van der Waals surface area contributed by atoms with Crippen LogP contribution in [0.2, 0.25) is 0 Å². The first-order valence-corrected chi connectivity index (χ1v) is 4.76. The van der Waals surface area contributed by atoms with Gasteiger partial charge in [-0.25, -0.2) is 0 Å². The molecular formula is C10H17NO. The number of unbranched alkanes of at least 4 members (excludes halogenated alkanes) is 3. The quantitative estimate of drug-likeness (QED) is 0.439. The van der Waals surface area contributed by atoms with Crippen LogP contribution in [0.3, 0.4) is 0 Å². The van der Waals surface area contributed by atoms with Crippen molar-refractivity contribution in [3.63, 3.8) is 0 Å². The Labute approximate surface area is 74.2 Å². The van der Waals surface area contributed by atoms with Gasteiger partial charge in [0.2, 0.25) is 5.91 Å². The molecule has 1 aliphatic rings. The van der Waals surface area contributed by atoms with Gasteiger partial charge in [-0.3, -0.25) is 4.79 Å². The van der Waals surface area contributed by atoms with E-state index in [2.05, 4.69) is 13.5 Å². The number of amides is 1. The van der Waals surface area contributed by atoms with Crippen molar-refractivity contribution in [2.75, 3.05) is 0 Å². The fraction of sp³-hybridized carbons (Fsp3) is 0.700. The highest BCUT2D eigenvalue weighted by Gasteiger charge is 2.42. The van der Waals surface area contributed by atoms with E-state index in [1.165, 1.54) is 25.7 Å². The molecule has 0 aromatic rings. The summed E-state index contributed by atoms with van der Waals surface area (Å²) >= 11 is 0. The van der Waals surface area contributed by atoms with Crippen LogP contribution in [0.4, 0.5) is 0 Å². The fourth-order valence-corrected chi connectivity index (χ4v) is 1.48. The minimum Gasteiger partial charge on any atom is -0.305 e. The number of carbonyl (C=O) groups is 1. The molecule has 1 rings (SSSR count). The van der Waals surface area contributed by atoms with Crippen molar-refractivity contribution in [3.05, 3.63) is 12.8 Å². The van der Waals surface area contributed by atoms with Gasteiger partial charge >= 0.3 is 0 Å². The van der Waals surface area contributed by atoms with Crippen molar-refractivity contribution in [3.8, 4) is 0 Å². The summed E-state index contributed by atoms with van der Waals surface area (Å²) in [5.41, 5.74) is 0. The lowest BCUT2D eigenvalue weighted by Gasteiger charge is -1.96. The molecule has 0 aliphatic carbocycles. The van der Waals surface area contributed by atoms with E-state index < -0.39 is 0 Å². The largest absolute Gasteiger partial charge is 0.305 e. The summed E-state index contributed by atoms with van der Waals surface area (Å²) in [6.45, 7) is 5.77. The number of hydrogen-bond donors (Lipinski definition) is 0.